The molecule has 0 bridgehead atoms. The first-order valence-corrected chi connectivity index (χ1v) is 5.93. The number of halogens is 1. The first kappa shape index (κ1) is 12.4. The number of benzene rings is 1. The summed E-state index contributed by atoms with van der Waals surface area (Å²) in [6.07, 6.45) is 1.04. The molecule has 1 aromatic rings. The summed E-state index contributed by atoms with van der Waals surface area (Å²) >= 11 is 5.93. The SMILES string of the molecule is CCCOc1cc(C)c(CCl)c(C)c1C. The van der Waals surface area contributed by atoms with Crippen LogP contribution in [0.1, 0.15) is 35.6 Å². The zero-order chi connectivity index (χ0) is 11.4. The molecule has 0 radical (unpaired) electrons. The van der Waals surface area contributed by atoms with Crippen LogP contribution in [0.2, 0.25) is 0 Å². The van der Waals surface area contributed by atoms with E-state index in [0.717, 1.165) is 18.8 Å². The fourth-order valence-electron chi connectivity index (χ4n) is 1.67. The van der Waals surface area contributed by atoms with Gasteiger partial charge < -0.3 is 4.74 Å². The van der Waals surface area contributed by atoms with E-state index in [4.69, 9.17) is 16.3 Å². The maximum Gasteiger partial charge on any atom is 0.122 e. The van der Waals surface area contributed by atoms with Gasteiger partial charge in [0.15, 0.2) is 0 Å². The Morgan fingerprint density at radius 3 is 2.40 bits per heavy atom. The molecule has 0 atom stereocenters. The fraction of sp³-hybridized carbons (Fsp3) is 0.538. The largest absolute Gasteiger partial charge is 0.493 e. The van der Waals surface area contributed by atoms with Gasteiger partial charge in [-0.3, -0.25) is 0 Å². The molecule has 0 aromatic heterocycles. The van der Waals surface area contributed by atoms with E-state index in [-0.39, 0.29) is 0 Å². The smallest absolute Gasteiger partial charge is 0.122 e. The van der Waals surface area contributed by atoms with Gasteiger partial charge >= 0.3 is 0 Å². The molecule has 0 unspecified atom stereocenters. The number of alkyl halides is 1. The Hall–Kier alpha value is -0.690. The molecule has 0 saturated heterocycles. The van der Waals surface area contributed by atoms with Crippen molar-refractivity contribution in [2.45, 2.75) is 40.0 Å². The van der Waals surface area contributed by atoms with E-state index >= 15 is 0 Å². The molecule has 0 aliphatic heterocycles. The summed E-state index contributed by atoms with van der Waals surface area (Å²) in [5.41, 5.74) is 4.93. The van der Waals surface area contributed by atoms with Crippen LogP contribution in [0.15, 0.2) is 6.07 Å². The number of hydrogen-bond donors (Lipinski definition) is 0. The second kappa shape index (κ2) is 5.41. The van der Waals surface area contributed by atoms with E-state index in [1.807, 2.05) is 0 Å². The van der Waals surface area contributed by atoms with Gasteiger partial charge in [-0.15, -0.1) is 11.6 Å². The van der Waals surface area contributed by atoms with Gasteiger partial charge in [-0.1, -0.05) is 6.92 Å². The lowest BCUT2D eigenvalue weighted by molar-refractivity contribution is 0.315. The first-order valence-electron chi connectivity index (χ1n) is 5.40. The predicted octanol–water partition coefficient (Wildman–Crippen LogP) is 4.14. The van der Waals surface area contributed by atoms with E-state index in [9.17, 15) is 0 Å². The molecule has 1 aromatic carbocycles. The Kier molecular flexibility index (Phi) is 4.46. The Bertz CT molecular complexity index is 345. The van der Waals surface area contributed by atoms with Crippen LogP contribution in [-0.4, -0.2) is 6.61 Å². The van der Waals surface area contributed by atoms with Gasteiger partial charge in [0.1, 0.15) is 5.75 Å². The Morgan fingerprint density at radius 1 is 1.20 bits per heavy atom. The summed E-state index contributed by atoms with van der Waals surface area (Å²) in [5.74, 6) is 1.58. The fourth-order valence-corrected chi connectivity index (χ4v) is 2.08. The van der Waals surface area contributed by atoms with Crippen molar-refractivity contribution < 1.29 is 4.74 Å². The third-order valence-electron chi connectivity index (χ3n) is 2.80. The van der Waals surface area contributed by atoms with Crippen molar-refractivity contribution in [2.75, 3.05) is 6.61 Å². The highest BCUT2D eigenvalue weighted by Gasteiger charge is 2.09. The minimum atomic E-state index is 0.576. The summed E-state index contributed by atoms with van der Waals surface area (Å²) < 4.78 is 5.70. The molecular weight excluding hydrogens is 208 g/mol. The second-order valence-corrected chi connectivity index (χ2v) is 4.17. The maximum absolute atomic E-state index is 5.93. The van der Waals surface area contributed by atoms with E-state index in [0.29, 0.717) is 5.88 Å². The topological polar surface area (TPSA) is 9.23 Å². The van der Waals surface area contributed by atoms with Crippen LogP contribution in [0.3, 0.4) is 0 Å². The predicted molar refractivity (Wildman–Crippen MR) is 66.0 cm³/mol. The van der Waals surface area contributed by atoms with Gasteiger partial charge in [0.05, 0.1) is 6.61 Å². The van der Waals surface area contributed by atoms with E-state index in [2.05, 4.69) is 33.8 Å². The molecule has 0 amide bonds. The summed E-state index contributed by atoms with van der Waals surface area (Å²) in [7, 11) is 0. The average Bonchev–Trinajstić information content (AvgIpc) is 2.22. The van der Waals surface area contributed by atoms with Crippen molar-refractivity contribution in [1.29, 1.82) is 0 Å². The first-order chi connectivity index (χ1) is 7.11. The van der Waals surface area contributed by atoms with E-state index in [1.165, 1.54) is 22.3 Å². The van der Waals surface area contributed by atoms with Gasteiger partial charge in [0, 0.05) is 5.88 Å². The summed E-state index contributed by atoms with van der Waals surface area (Å²) in [5, 5.41) is 0. The molecule has 84 valence electrons. The molecule has 1 nitrogen and oxygen atoms in total. The third kappa shape index (κ3) is 2.66. The lowest BCUT2D eigenvalue weighted by atomic mass is 9.98. The summed E-state index contributed by atoms with van der Waals surface area (Å²) in [6.45, 7) is 9.18. The molecular formula is C13H19ClO. The molecule has 0 saturated carbocycles. The minimum Gasteiger partial charge on any atom is -0.493 e. The van der Waals surface area contributed by atoms with Gasteiger partial charge in [0.2, 0.25) is 0 Å². The van der Waals surface area contributed by atoms with Gasteiger partial charge in [0.25, 0.3) is 0 Å². The number of ether oxygens (including phenoxy) is 1. The van der Waals surface area contributed by atoms with Crippen LogP contribution >= 0.6 is 11.6 Å². The normalized spacial score (nSPS) is 10.5. The number of hydrogen-bond acceptors (Lipinski definition) is 1. The Labute approximate surface area is 97.4 Å². The average molecular weight is 227 g/mol. The van der Waals surface area contributed by atoms with Crippen LogP contribution in [0.4, 0.5) is 0 Å². The van der Waals surface area contributed by atoms with Crippen molar-refractivity contribution in [3.8, 4) is 5.75 Å². The second-order valence-electron chi connectivity index (χ2n) is 3.90. The summed E-state index contributed by atoms with van der Waals surface area (Å²) in [6, 6.07) is 2.09. The van der Waals surface area contributed by atoms with Gasteiger partial charge in [-0.2, -0.15) is 0 Å². The molecule has 0 fully saturated rings. The molecule has 2 heteroatoms. The maximum atomic E-state index is 5.93. The molecule has 0 N–H and O–H groups in total. The van der Waals surface area contributed by atoms with Crippen LogP contribution < -0.4 is 4.74 Å². The van der Waals surface area contributed by atoms with E-state index < -0.39 is 0 Å². The van der Waals surface area contributed by atoms with Crippen molar-refractivity contribution in [1.82, 2.24) is 0 Å². The zero-order valence-corrected chi connectivity index (χ0v) is 10.7. The highest BCUT2D eigenvalue weighted by Crippen LogP contribution is 2.28. The number of aryl methyl sites for hydroxylation is 1. The van der Waals surface area contributed by atoms with Crippen LogP contribution in [-0.2, 0) is 5.88 Å². The third-order valence-corrected chi connectivity index (χ3v) is 3.07. The number of rotatable bonds is 4. The molecule has 0 heterocycles. The van der Waals surface area contributed by atoms with Crippen molar-refractivity contribution >= 4 is 11.6 Å². The lowest BCUT2D eigenvalue weighted by Crippen LogP contribution is -2.01. The van der Waals surface area contributed by atoms with Crippen LogP contribution in [0.25, 0.3) is 0 Å². The monoisotopic (exact) mass is 226 g/mol. The molecule has 15 heavy (non-hydrogen) atoms. The quantitative estimate of drug-likeness (QED) is 0.702. The molecule has 0 spiro atoms. The Balaban J connectivity index is 3.10. The summed E-state index contributed by atoms with van der Waals surface area (Å²) in [4.78, 5) is 0. The lowest BCUT2D eigenvalue weighted by Gasteiger charge is -2.15. The minimum absolute atomic E-state index is 0.576. The van der Waals surface area contributed by atoms with Gasteiger partial charge in [-0.05, 0) is 55.5 Å². The highest BCUT2D eigenvalue weighted by atomic mass is 35.5. The van der Waals surface area contributed by atoms with Crippen molar-refractivity contribution in [2.24, 2.45) is 0 Å². The zero-order valence-electron chi connectivity index (χ0n) is 9.98. The standard InChI is InChI=1S/C13H19ClO/c1-5-6-15-13-7-9(2)12(8-14)10(3)11(13)4/h7H,5-6,8H2,1-4H3. The molecule has 0 aliphatic rings. The van der Waals surface area contributed by atoms with Crippen LogP contribution in [0.5, 0.6) is 5.75 Å². The molecule has 1 rings (SSSR count). The van der Waals surface area contributed by atoms with Crippen LogP contribution in [0, 0.1) is 20.8 Å². The van der Waals surface area contributed by atoms with E-state index in [1.54, 1.807) is 0 Å². The molecule has 0 aliphatic carbocycles. The van der Waals surface area contributed by atoms with Gasteiger partial charge in [-0.25, -0.2) is 0 Å². The van der Waals surface area contributed by atoms with Crippen molar-refractivity contribution in [3.05, 3.63) is 28.3 Å². The highest BCUT2D eigenvalue weighted by molar-refractivity contribution is 6.17. The Morgan fingerprint density at radius 2 is 1.87 bits per heavy atom. The van der Waals surface area contributed by atoms with Crippen molar-refractivity contribution in [3.63, 3.8) is 0 Å².